The second-order valence-electron chi connectivity index (χ2n) is 6.47. The summed E-state index contributed by atoms with van der Waals surface area (Å²) in [5, 5.41) is 3.23. The molecule has 1 fully saturated rings. The molecule has 1 aliphatic heterocycles. The van der Waals surface area contributed by atoms with Crippen molar-refractivity contribution in [2.75, 3.05) is 13.1 Å². The van der Waals surface area contributed by atoms with Gasteiger partial charge >= 0.3 is 6.03 Å². The number of nitrogens with one attached hydrogen (secondary N) is 1. The fraction of sp³-hybridized carbons (Fsp3) is 0.400. The van der Waals surface area contributed by atoms with Crippen LogP contribution in [0.25, 0.3) is 0 Å². The number of likely N-dealkylation sites (tertiary alicyclic amines) is 1. The summed E-state index contributed by atoms with van der Waals surface area (Å²) < 4.78 is 0. The SMILES string of the molecule is Cc1ccc([C@@H](NC(=O)N2CCCCCC2)c2ccncc2)cc1. The van der Waals surface area contributed by atoms with Crippen LogP contribution in [0.5, 0.6) is 0 Å². The molecule has 1 saturated heterocycles. The van der Waals surface area contributed by atoms with E-state index in [0.29, 0.717) is 0 Å². The number of hydrogen-bond acceptors (Lipinski definition) is 2. The van der Waals surface area contributed by atoms with Gasteiger partial charge < -0.3 is 10.2 Å². The van der Waals surface area contributed by atoms with E-state index in [9.17, 15) is 4.79 Å². The van der Waals surface area contributed by atoms with Gasteiger partial charge in [0, 0.05) is 25.5 Å². The third-order valence-electron chi connectivity index (χ3n) is 4.61. The Bertz CT molecular complexity index is 646. The second kappa shape index (κ2) is 7.95. The van der Waals surface area contributed by atoms with Crippen LogP contribution >= 0.6 is 0 Å². The highest BCUT2D eigenvalue weighted by molar-refractivity contribution is 5.75. The molecule has 1 aromatic heterocycles. The number of aryl methyl sites for hydroxylation is 1. The van der Waals surface area contributed by atoms with E-state index in [1.165, 1.54) is 18.4 Å². The van der Waals surface area contributed by atoms with Gasteiger partial charge in [-0.05, 0) is 43.0 Å². The Morgan fingerprint density at radius 3 is 2.17 bits per heavy atom. The summed E-state index contributed by atoms with van der Waals surface area (Å²) in [7, 11) is 0. The Morgan fingerprint density at radius 2 is 1.54 bits per heavy atom. The highest BCUT2D eigenvalue weighted by Gasteiger charge is 2.21. The molecule has 4 nitrogen and oxygen atoms in total. The van der Waals surface area contributed by atoms with E-state index in [2.05, 4.69) is 41.5 Å². The van der Waals surface area contributed by atoms with Gasteiger partial charge in [-0.15, -0.1) is 0 Å². The van der Waals surface area contributed by atoms with Crippen LogP contribution in [-0.2, 0) is 0 Å². The molecule has 0 spiro atoms. The minimum absolute atomic E-state index is 0.0271. The minimum atomic E-state index is -0.149. The average Bonchev–Trinajstić information content (AvgIpc) is 2.91. The average molecular weight is 323 g/mol. The van der Waals surface area contributed by atoms with Gasteiger partial charge in [-0.1, -0.05) is 42.7 Å². The van der Waals surface area contributed by atoms with Crippen molar-refractivity contribution in [1.82, 2.24) is 15.2 Å². The smallest absolute Gasteiger partial charge is 0.318 e. The molecule has 0 radical (unpaired) electrons. The molecule has 0 saturated carbocycles. The predicted octanol–water partition coefficient (Wildman–Crippen LogP) is 4.07. The van der Waals surface area contributed by atoms with E-state index >= 15 is 0 Å². The highest BCUT2D eigenvalue weighted by Crippen LogP contribution is 2.23. The molecular weight excluding hydrogens is 298 g/mol. The summed E-state index contributed by atoms with van der Waals surface area (Å²) in [6.07, 6.45) is 8.17. The quantitative estimate of drug-likeness (QED) is 0.925. The zero-order valence-electron chi connectivity index (χ0n) is 14.2. The van der Waals surface area contributed by atoms with Crippen molar-refractivity contribution in [3.05, 3.63) is 65.5 Å². The van der Waals surface area contributed by atoms with Gasteiger partial charge in [-0.2, -0.15) is 0 Å². The third-order valence-corrected chi connectivity index (χ3v) is 4.61. The van der Waals surface area contributed by atoms with Gasteiger partial charge in [0.15, 0.2) is 0 Å². The summed E-state index contributed by atoms with van der Waals surface area (Å²) in [6.45, 7) is 3.77. The molecule has 0 unspecified atom stereocenters. The summed E-state index contributed by atoms with van der Waals surface area (Å²) in [6, 6.07) is 12.2. The summed E-state index contributed by atoms with van der Waals surface area (Å²) in [5.74, 6) is 0. The number of carbonyl (C=O) groups excluding carboxylic acids is 1. The Balaban J connectivity index is 1.82. The van der Waals surface area contributed by atoms with Crippen LogP contribution in [0.1, 0.15) is 48.4 Å². The molecule has 24 heavy (non-hydrogen) atoms. The van der Waals surface area contributed by atoms with Crippen molar-refractivity contribution in [3.63, 3.8) is 0 Å². The van der Waals surface area contributed by atoms with E-state index in [1.807, 2.05) is 17.0 Å². The molecule has 1 aromatic carbocycles. The van der Waals surface area contributed by atoms with Crippen molar-refractivity contribution in [2.45, 2.75) is 38.6 Å². The molecule has 1 atom stereocenters. The Hall–Kier alpha value is -2.36. The van der Waals surface area contributed by atoms with Gasteiger partial charge in [0.25, 0.3) is 0 Å². The topological polar surface area (TPSA) is 45.2 Å². The van der Waals surface area contributed by atoms with Crippen molar-refractivity contribution < 1.29 is 4.79 Å². The van der Waals surface area contributed by atoms with Crippen LogP contribution in [0.15, 0.2) is 48.8 Å². The molecule has 2 aromatic rings. The highest BCUT2D eigenvalue weighted by atomic mass is 16.2. The first-order valence-corrected chi connectivity index (χ1v) is 8.76. The van der Waals surface area contributed by atoms with Crippen LogP contribution in [0.3, 0.4) is 0 Å². The van der Waals surface area contributed by atoms with Gasteiger partial charge in [0.05, 0.1) is 6.04 Å². The number of benzene rings is 1. The maximum Gasteiger partial charge on any atom is 0.318 e. The zero-order chi connectivity index (χ0) is 16.8. The zero-order valence-corrected chi connectivity index (χ0v) is 14.2. The number of hydrogen-bond donors (Lipinski definition) is 1. The van der Waals surface area contributed by atoms with Gasteiger partial charge in [0.1, 0.15) is 0 Å². The number of pyridine rings is 1. The molecule has 2 amide bonds. The lowest BCUT2D eigenvalue weighted by molar-refractivity contribution is 0.197. The molecule has 1 aliphatic rings. The molecule has 2 heterocycles. The molecule has 0 bridgehead atoms. The summed E-state index contributed by atoms with van der Waals surface area (Å²) in [5.41, 5.74) is 3.36. The maximum atomic E-state index is 12.8. The van der Waals surface area contributed by atoms with Gasteiger partial charge in [-0.3, -0.25) is 4.98 Å². The van der Waals surface area contributed by atoms with E-state index in [-0.39, 0.29) is 12.1 Å². The molecular formula is C20H25N3O. The summed E-state index contributed by atoms with van der Waals surface area (Å²) in [4.78, 5) is 18.8. The van der Waals surface area contributed by atoms with E-state index in [0.717, 1.165) is 37.1 Å². The van der Waals surface area contributed by atoms with Gasteiger partial charge in [0.2, 0.25) is 0 Å². The molecule has 0 aliphatic carbocycles. The number of aromatic nitrogens is 1. The fourth-order valence-electron chi connectivity index (χ4n) is 3.16. The molecule has 3 rings (SSSR count). The number of urea groups is 1. The Kier molecular flexibility index (Phi) is 5.47. The van der Waals surface area contributed by atoms with Crippen molar-refractivity contribution in [1.29, 1.82) is 0 Å². The first-order chi connectivity index (χ1) is 11.7. The maximum absolute atomic E-state index is 12.8. The Morgan fingerprint density at radius 1 is 0.958 bits per heavy atom. The number of nitrogens with zero attached hydrogens (tertiary/aromatic N) is 2. The van der Waals surface area contributed by atoms with Crippen LogP contribution in [0.4, 0.5) is 4.79 Å². The normalized spacial score (nSPS) is 16.3. The first-order valence-electron chi connectivity index (χ1n) is 8.76. The lowest BCUT2D eigenvalue weighted by Crippen LogP contribution is -2.42. The standard InChI is InChI=1S/C20H25N3O/c1-16-6-8-17(9-7-16)19(18-10-12-21-13-11-18)22-20(24)23-14-4-2-3-5-15-23/h6-13,19H,2-5,14-15H2,1H3,(H,22,24)/t19-/m1/s1. The summed E-state index contributed by atoms with van der Waals surface area (Å²) >= 11 is 0. The molecule has 126 valence electrons. The second-order valence-corrected chi connectivity index (χ2v) is 6.47. The fourth-order valence-corrected chi connectivity index (χ4v) is 3.16. The Labute approximate surface area is 143 Å². The van der Waals surface area contributed by atoms with E-state index in [4.69, 9.17) is 0 Å². The van der Waals surface area contributed by atoms with Crippen LogP contribution in [-0.4, -0.2) is 29.0 Å². The largest absolute Gasteiger partial charge is 0.327 e. The van der Waals surface area contributed by atoms with Crippen LogP contribution in [0.2, 0.25) is 0 Å². The van der Waals surface area contributed by atoms with Crippen molar-refractivity contribution in [2.24, 2.45) is 0 Å². The molecule has 4 heteroatoms. The lowest BCUT2D eigenvalue weighted by Gasteiger charge is -2.26. The number of amides is 2. The third kappa shape index (κ3) is 4.13. The number of carbonyl (C=O) groups is 1. The lowest BCUT2D eigenvalue weighted by atomic mass is 9.99. The number of rotatable bonds is 3. The van der Waals surface area contributed by atoms with Gasteiger partial charge in [-0.25, -0.2) is 4.79 Å². The van der Waals surface area contributed by atoms with Crippen LogP contribution in [0, 0.1) is 6.92 Å². The van der Waals surface area contributed by atoms with Crippen LogP contribution < -0.4 is 5.32 Å². The predicted molar refractivity (Wildman–Crippen MR) is 95.8 cm³/mol. The first kappa shape index (κ1) is 16.5. The minimum Gasteiger partial charge on any atom is -0.327 e. The van der Waals surface area contributed by atoms with Crippen molar-refractivity contribution in [3.8, 4) is 0 Å². The molecule has 1 N–H and O–H groups in total. The van der Waals surface area contributed by atoms with E-state index < -0.39 is 0 Å². The van der Waals surface area contributed by atoms with E-state index in [1.54, 1.807) is 12.4 Å². The monoisotopic (exact) mass is 323 g/mol. The van der Waals surface area contributed by atoms with Crippen molar-refractivity contribution >= 4 is 6.03 Å².